The van der Waals surface area contributed by atoms with Crippen molar-refractivity contribution < 1.29 is 13.9 Å². The fourth-order valence-corrected chi connectivity index (χ4v) is 2.94. The number of fused-ring (bicyclic) bond motifs is 1. The molecule has 3 aromatic rings. The standard InChI is InChI=1S/C20H21FN2O2/c1-12-5-8-18(25-4)17(9-12)23-19(24)20(2,3)15-11-22-16-10-13(21)6-7-14(15)16/h5-11,22H,1-4H3,(H,23,24). The molecule has 0 aliphatic heterocycles. The summed E-state index contributed by atoms with van der Waals surface area (Å²) in [5.41, 5.74) is 2.32. The first-order valence-electron chi connectivity index (χ1n) is 8.06. The Kier molecular flexibility index (Phi) is 4.25. The molecule has 2 N–H and O–H groups in total. The maximum absolute atomic E-state index is 13.4. The molecule has 0 bridgehead atoms. The molecule has 3 rings (SSSR count). The Labute approximate surface area is 146 Å². The van der Waals surface area contributed by atoms with Crippen LogP contribution in [0.3, 0.4) is 0 Å². The van der Waals surface area contributed by atoms with Gasteiger partial charge in [-0.1, -0.05) is 6.07 Å². The largest absolute Gasteiger partial charge is 0.495 e. The van der Waals surface area contributed by atoms with Crippen molar-refractivity contribution in [1.82, 2.24) is 4.98 Å². The molecule has 0 aliphatic carbocycles. The van der Waals surface area contributed by atoms with E-state index in [-0.39, 0.29) is 11.7 Å². The van der Waals surface area contributed by atoms with Crippen LogP contribution in [0.4, 0.5) is 10.1 Å². The van der Waals surface area contributed by atoms with Gasteiger partial charge in [-0.3, -0.25) is 4.79 Å². The summed E-state index contributed by atoms with van der Waals surface area (Å²) < 4.78 is 18.7. The zero-order chi connectivity index (χ0) is 18.2. The van der Waals surface area contributed by atoms with Gasteiger partial charge >= 0.3 is 0 Å². The van der Waals surface area contributed by atoms with E-state index in [2.05, 4.69) is 10.3 Å². The van der Waals surface area contributed by atoms with Gasteiger partial charge in [-0.05, 0) is 62.2 Å². The van der Waals surface area contributed by atoms with Gasteiger partial charge in [0.2, 0.25) is 5.91 Å². The van der Waals surface area contributed by atoms with E-state index in [1.807, 2.05) is 39.0 Å². The topological polar surface area (TPSA) is 54.1 Å². The second-order valence-electron chi connectivity index (χ2n) is 6.68. The monoisotopic (exact) mass is 340 g/mol. The molecule has 2 aromatic carbocycles. The third-order valence-electron chi connectivity index (χ3n) is 4.49. The number of aromatic nitrogens is 1. The number of ether oxygens (including phenoxy) is 1. The van der Waals surface area contributed by atoms with Crippen LogP contribution in [0, 0.1) is 12.7 Å². The Bertz CT molecular complexity index is 944. The molecule has 0 fully saturated rings. The number of halogens is 1. The molecule has 0 atom stereocenters. The van der Waals surface area contributed by atoms with Crippen molar-refractivity contribution in [3.8, 4) is 5.75 Å². The molecular weight excluding hydrogens is 319 g/mol. The fraction of sp³-hybridized carbons (Fsp3) is 0.250. The molecule has 1 aromatic heterocycles. The smallest absolute Gasteiger partial charge is 0.234 e. The predicted octanol–water partition coefficient (Wildman–Crippen LogP) is 4.54. The average molecular weight is 340 g/mol. The van der Waals surface area contributed by atoms with Crippen molar-refractivity contribution in [2.24, 2.45) is 0 Å². The van der Waals surface area contributed by atoms with Crippen molar-refractivity contribution in [2.75, 3.05) is 12.4 Å². The highest BCUT2D eigenvalue weighted by atomic mass is 19.1. The SMILES string of the molecule is COc1ccc(C)cc1NC(=O)C(C)(C)c1c[nH]c2cc(F)ccc12. The molecule has 25 heavy (non-hydrogen) atoms. The number of H-pyrrole nitrogens is 1. The highest BCUT2D eigenvalue weighted by Gasteiger charge is 2.32. The van der Waals surface area contributed by atoms with Crippen LogP contribution in [-0.4, -0.2) is 18.0 Å². The number of carbonyl (C=O) groups excluding carboxylic acids is 1. The Morgan fingerprint density at radius 2 is 1.96 bits per heavy atom. The number of benzene rings is 2. The number of aryl methyl sites for hydroxylation is 1. The molecule has 0 saturated carbocycles. The van der Waals surface area contributed by atoms with Gasteiger partial charge in [0.05, 0.1) is 18.2 Å². The van der Waals surface area contributed by atoms with Crippen molar-refractivity contribution >= 4 is 22.5 Å². The van der Waals surface area contributed by atoms with Crippen molar-refractivity contribution in [2.45, 2.75) is 26.2 Å². The first-order chi connectivity index (χ1) is 11.8. The quantitative estimate of drug-likeness (QED) is 0.732. The second kappa shape index (κ2) is 6.24. The molecule has 0 aliphatic rings. The summed E-state index contributed by atoms with van der Waals surface area (Å²) >= 11 is 0. The molecule has 0 radical (unpaired) electrons. The van der Waals surface area contributed by atoms with Crippen molar-refractivity contribution in [1.29, 1.82) is 0 Å². The van der Waals surface area contributed by atoms with Gasteiger partial charge in [0.1, 0.15) is 11.6 Å². The number of methoxy groups -OCH3 is 1. The lowest BCUT2D eigenvalue weighted by Gasteiger charge is -2.24. The van der Waals surface area contributed by atoms with Crippen LogP contribution < -0.4 is 10.1 Å². The van der Waals surface area contributed by atoms with Gasteiger partial charge in [-0.25, -0.2) is 4.39 Å². The molecular formula is C20H21FN2O2. The van der Waals surface area contributed by atoms with Crippen LogP contribution in [0.2, 0.25) is 0 Å². The number of hydrogen-bond acceptors (Lipinski definition) is 2. The van der Waals surface area contributed by atoms with Crippen LogP contribution in [-0.2, 0) is 10.2 Å². The van der Waals surface area contributed by atoms with Crippen LogP contribution >= 0.6 is 0 Å². The number of rotatable bonds is 4. The summed E-state index contributed by atoms with van der Waals surface area (Å²) in [4.78, 5) is 16.0. The van der Waals surface area contributed by atoms with Gasteiger partial charge in [-0.2, -0.15) is 0 Å². The second-order valence-corrected chi connectivity index (χ2v) is 6.68. The summed E-state index contributed by atoms with van der Waals surface area (Å²) in [6, 6.07) is 10.1. The third-order valence-corrected chi connectivity index (χ3v) is 4.49. The molecule has 130 valence electrons. The number of aromatic amines is 1. The summed E-state index contributed by atoms with van der Waals surface area (Å²) in [7, 11) is 1.57. The minimum Gasteiger partial charge on any atom is -0.495 e. The lowest BCUT2D eigenvalue weighted by atomic mass is 9.83. The number of nitrogens with one attached hydrogen (secondary N) is 2. The first-order valence-corrected chi connectivity index (χ1v) is 8.06. The minimum atomic E-state index is -0.815. The lowest BCUT2D eigenvalue weighted by Crippen LogP contribution is -2.34. The Morgan fingerprint density at radius 3 is 2.68 bits per heavy atom. The average Bonchev–Trinajstić information content (AvgIpc) is 2.98. The van der Waals surface area contributed by atoms with Crippen LogP contribution in [0.1, 0.15) is 25.0 Å². The maximum atomic E-state index is 13.4. The highest BCUT2D eigenvalue weighted by molar-refractivity contribution is 6.02. The van der Waals surface area contributed by atoms with Crippen molar-refractivity contribution in [3.63, 3.8) is 0 Å². The van der Waals surface area contributed by atoms with E-state index < -0.39 is 5.41 Å². The van der Waals surface area contributed by atoms with E-state index in [9.17, 15) is 9.18 Å². The van der Waals surface area contributed by atoms with E-state index in [0.29, 0.717) is 17.0 Å². The van der Waals surface area contributed by atoms with Gasteiger partial charge in [0, 0.05) is 17.1 Å². The van der Waals surface area contributed by atoms with Gasteiger partial charge in [0.15, 0.2) is 0 Å². The fourth-order valence-electron chi connectivity index (χ4n) is 2.94. The molecule has 0 unspecified atom stereocenters. The summed E-state index contributed by atoms with van der Waals surface area (Å²) in [6.45, 7) is 5.64. The maximum Gasteiger partial charge on any atom is 0.234 e. The molecule has 5 heteroatoms. The summed E-state index contributed by atoms with van der Waals surface area (Å²) in [5, 5.41) is 3.79. The number of amides is 1. The predicted molar refractivity (Wildman–Crippen MR) is 97.6 cm³/mol. The van der Waals surface area contributed by atoms with Gasteiger partial charge < -0.3 is 15.0 Å². The molecule has 0 saturated heterocycles. The van der Waals surface area contributed by atoms with Crippen LogP contribution in [0.5, 0.6) is 5.75 Å². The zero-order valence-corrected chi connectivity index (χ0v) is 14.7. The number of anilines is 1. The molecule has 1 amide bonds. The van der Waals surface area contributed by atoms with E-state index in [4.69, 9.17) is 4.74 Å². The Morgan fingerprint density at radius 1 is 1.20 bits per heavy atom. The highest BCUT2D eigenvalue weighted by Crippen LogP contribution is 2.33. The van der Waals surface area contributed by atoms with E-state index in [0.717, 1.165) is 16.5 Å². The molecule has 0 spiro atoms. The van der Waals surface area contributed by atoms with E-state index >= 15 is 0 Å². The van der Waals surface area contributed by atoms with Gasteiger partial charge in [-0.15, -0.1) is 0 Å². The summed E-state index contributed by atoms with van der Waals surface area (Å²) in [6.07, 6.45) is 1.76. The molecule has 1 heterocycles. The number of carbonyl (C=O) groups is 1. The number of hydrogen-bond donors (Lipinski definition) is 2. The van der Waals surface area contributed by atoms with E-state index in [1.165, 1.54) is 12.1 Å². The van der Waals surface area contributed by atoms with Gasteiger partial charge in [0.25, 0.3) is 0 Å². The Balaban J connectivity index is 1.96. The van der Waals surface area contributed by atoms with E-state index in [1.54, 1.807) is 19.4 Å². The first kappa shape index (κ1) is 17.0. The van der Waals surface area contributed by atoms with Crippen LogP contribution in [0.25, 0.3) is 10.9 Å². The van der Waals surface area contributed by atoms with Crippen molar-refractivity contribution in [3.05, 3.63) is 59.5 Å². The Hall–Kier alpha value is -2.82. The zero-order valence-electron chi connectivity index (χ0n) is 14.7. The normalized spacial score (nSPS) is 11.6. The minimum absolute atomic E-state index is 0.165. The summed E-state index contributed by atoms with van der Waals surface area (Å²) in [5.74, 6) is 0.130. The molecule has 4 nitrogen and oxygen atoms in total. The lowest BCUT2D eigenvalue weighted by molar-refractivity contribution is -0.120. The van der Waals surface area contributed by atoms with Crippen LogP contribution in [0.15, 0.2) is 42.6 Å². The third kappa shape index (κ3) is 3.09.